The standard InChI is InChI=1S/C86H68BN3/c1-85(2,3)74-55-76-80(53-70(74)61-35-21-11-22-36-61)88(67-41-25-39-63(47-67)57-27-13-7-14-28-57)82-51-69(90-78-45-43-65(59-31-17-9-18-32-59)49-72(78)73-50-66(44-46-79(73)90)60-33-19-10-20-34-60)52-83-84(82)87(76)77-56-75(86(4,5)6)71(62-37-23-12-24-38-62)54-81(77)89(83)68-42-26-40-64(48-68)58-29-15-8-16-30-58/h7-56H,1-6H3. The van der Waals surface area contributed by atoms with Gasteiger partial charge in [-0.2, -0.15) is 0 Å². The maximum Gasteiger partial charge on any atom is 0.252 e. The lowest BCUT2D eigenvalue weighted by molar-refractivity contribution is 0.592. The van der Waals surface area contributed by atoms with Crippen molar-refractivity contribution in [2.75, 3.05) is 9.80 Å². The van der Waals surface area contributed by atoms with Crippen LogP contribution in [0.3, 0.4) is 0 Å². The molecule has 0 aliphatic carbocycles. The summed E-state index contributed by atoms with van der Waals surface area (Å²) in [6, 6.07) is 114. The highest BCUT2D eigenvalue weighted by Gasteiger charge is 2.46. The zero-order valence-electron chi connectivity index (χ0n) is 51.8. The Morgan fingerprint density at radius 1 is 0.256 bits per heavy atom. The topological polar surface area (TPSA) is 11.4 Å². The second-order valence-corrected chi connectivity index (χ2v) is 26.5. The van der Waals surface area contributed by atoms with Crippen LogP contribution in [-0.4, -0.2) is 11.3 Å². The minimum atomic E-state index is -0.211. The van der Waals surface area contributed by atoms with Crippen molar-refractivity contribution in [1.29, 1.82) is 0 Å². The summed E-state index contributed by atoms with van der Waals surface area (Å²) in [5, 5.41) is 2.40. The SMILES string of the molecule is CC(C)(C)c1cc2c(cc1-c1ccccc1)N(c1cccc(-c3ccccc3)c1)c1cc(-n3c4ccc(-c5ccccc5)cc4c4cc(-c5ccccc5)ccc43)cc3c1B2c1cc(C(C)(C)C)c(-c2ccccc2)cc1N3c1cccc(-c2ccccc2)c1. The van der Waals surface area contributed by atoms with Crippen LogP contribution in [-0.2, 0) is 10.8 Å². The van der Waals surface area contributed by atoms with Crippen molar-refractivity contribution in [2.45, 2.75) is 52.4 Å². The van der Waals surface area contributed by atoms with Gasteiger partial charge in [-0.1, -0.05) is 272 Å². The van der Waals surface area contributed by atoms with Crippen LogP contribution < -0.4 is 26.2 Å². The molecular weight excluding hydrogens is 1090 g/mol. The zero-order valence-corrected chi connectivity index (χ0v) is 51.8. The number of fused-ring (bicyclic) bond motifs is 7. The first kappa shape index (κ1) is 54.7. The minimum absolute atomic E-state index is 0.173. The molecule has 14 aromatic rings. The fourth-order valence-corrected chi connectivity index (χ4v) is 14.5. The molecule has 430 valence electrons. The summed E-state index contributed by atoms with van der Waals surface area (Å²) in [4.78, 5) is 5.25. The van der Waals surface area contributed by atoms with Crippen LogP contribution in [0.25, 0.3) is 94.3 Å². The van der Waals surface area contributed by atoms with E-state index in [0.717, 1.165) is 50.6 Å². The predicted molar refractivity (Wildman–Crippen MR) is 385 cm³/mol. The molecule has 0 saturated heterocycles. The maximum atomic E-state index is 2.63. The Labute approximate surface area is 529 Å². The molecule has 0 radical (unpaired) electrons. The highest BCUT2D eigenvalue weighted by molar-refractivity contribution is 7.00. The molecule has 0 unspecified atom stereocenters. The van der Waals surface area contributed by atoms with Crippen molar-refractivity contribution in [2.24, 2.45) is 0 Å². The first-order valence-corrected chi connectivity index (χ1v) is 31.7. The highest BCUT2D eigenvalue weighted by atomic mass is 15.2. The summed E-state index contributed by atoms with van der Waals surface area (Å²) in [7, 11) is 0. The normalized spacial score (nSPS) is 12.7. The number of benzene rings is 13. The van der Waals surface area contributed by atoms with E-state index in [0.29, 0.717) is 0 Å². The van der Waals surface area contributed by atoms with Gasteiger partial charge < -0.3 is 14.4 Å². The van der Waals surface area contributed by atoms with Gasteiger partial charge in [0, 0.05) is 44.9 Å². The molecular formula is C86H68BN3. The lowest BCUT2D eigenvalue weighted by atomic mass is 9.33. The molecule has 1 aromatic heterocycles. The minimum Gasteiger partial charge on any atom is -0.311 e. The maximum absolute atomic E-state index is 2.63. The van der Waals surface area contributed by atoms with E-state index in [1.807, 2.05) is 0 Å². The molecule has 3 nitrogen and oxygen atoms in total. The molecule has 0 N–H and O–H groups in total. The Kier molecular flexibility index (Phi) is 13.1. The van der Waals surface area contributed by atoms with Gasteiger partial charge in [0.05, 0.1) is 16.7 Å². The van der Waals surface area contributed by atoms with Gasteiger partial charge in [0.1, 0.15) is 0 Å². The number of aromatic nitrogens is 1. The first-order valence-electron chi connectivity index (χ1n) is 31.7. The molecule has 0 saturated carbocycles. The van der Waals surface area contributed by atoms with E-state index < -0.39 is 0 Å². The van der Waals surface area contributed by atoms with Gasteiger partial charge in [-0.25, -0.2) is 0 Å². The fourth-order valence-electron chi connectivity index (χ4n) is 14.5. The molecule has 0 atom stereocenters. The number of hydrogen-bond donors (Lipinski definition) is 0. The average molecular weight is 1150 g/mol. The molecule has 90 heavy (non-hydrogen) atoms. The second-order valence-electron chi connectivity index (χ2n) is 26.5. The third-order valence-electron chi connectivity index (χ3n) is 18.8. The third-order valence-corrected chi connectivity index (χ3v) is 18.8. The van der Waals surface area contributed by atoms with Crippen molar-refractivity contribution in [3.8, 4) is 72.4 Å². The van der Waals surface area contributed by atoms with Crippen molar-refractivity contribution < 1.29 is 0 Å². The fraction of sp³-hybridized carbons (Fsp3) is 0.0930. The Morgan fingerprint density at radius 3 is 0.922 bits per heavy atom. The number of anilines is 6. The molecule has 2 aliphatic heterocycles. The third kappa shape index (κ3) is 9.36. The van der Waals surface area contributed by atoms with E-state index in [-0.39, 0.29) is 17.5 Å². The molecule has 13 aromatic carbocycles. The van der Waals surface area contributed by atoms with Gasteiger partial charge in [0.2, 0.25) is 0 Å². The molecule has 2 aliphatic rings. The lowest BCUT2D eigenvalue weighted by Crippen LogP contribution is -2.62. The van der Waals surface area contributed by atoms with E-state index in [1.165, 1.54) is 105 Å². The summed E-state index contributed by atoms with van der Waals surface area (Å²) in [5.74, 6) is 0. The number of nitrogens with zero attached hydrogens (tertiary/aromatic N) is 3. The van der Waals surface area contributed by atoms with Crippen LogP contribution in [0.5, 0.6) is 0 Å². The van der Waals surface area contributed by atoms with Crippen LogP contribution in [0.4, 0.5) is 34.1 Å². The van der Waals surface area contributed by atoms with Gasteiger partial charge in [-0.05, 0) is 178 Å². The highest BCUT2D eigenvalue weighted by Crippen LogP contribution is 2.51. The molecule has 16 rings (SSSR count). The van der Waals surface area contributed by atoms with E-state index in [4.69, 9.17) is 0 Å². The van der Waals surface area contributed by atoms with E-state index in [9.17, 15) is 0 Å². The van der Waals surface area contributed by atoms with Crippen LogP contribution in [0.2, 0.25) is 0 Å². The summed E-state index contributed by atoms with van der Waals surface area (Å²) in [6.07, 6.45) is 0. The van der Waals surface area contributed by atoms with Crippen molar-refractivity contribution >= 4 is 79.0 Å². The molecule has 4 heteroatoms. The van der Waals surface area contributed by atoms with Gasteiger partial charge >= 0.3 is 0 Å². The lowest BCUT2D eigenvalue weighted by Gasteiger charge is -2.46. The molecule has 0 bridgehead atoms. The largest absolute Gasteiger partial charge is 0.311 e. The van der Waals surface area contributed by atoms with Crippen molar-refractivity contribution in [3.63, 3.8) is 0 Å². The predicted octanol–water partition coefficient (Wildman–Crippen LogP) is 21.5. The van der Waals surface area contributed by atoms with E-state index >= 15 is 0 Å². The Balaban J connectivity index is 1.08. The smallest absolute Gasteiger partial charge is 0.252 e. The first-order chi connectivity index (χ1) is 43.9. The summed E-state index contributed by atoms with van der Waals surface area (Å²) < 4.78 is 2.55. The second kappa shape index (κ2) is 21.6. The molecule has 0 spiro atoms. The number of hydrogen-bond acceptors (Lipinski definition) is 2. The van der Waals surface area contributed by atoms with Gasteiger partial charge in [0.25, 0.3) is 6.71 Å². The molecule has 3 heterocycles. The van der Waals surface area contributed by atoms with Crippen molar-refractivity contribution in [3.05, 3.63) is 314 Å². The number of rotatable bonds is 9. The van der Waals surface area contributed by atoms with Crippen LogP contribution in [0.1, 0.15) is 52.7 Å². The van der Waals surface area contributed by atoms with Crippen LogP contribution in [0.15, 0.2) is 303 Å². The summed E-state index contributed by atoms with van der Waals surface area (Å²) >= 11 is 0. The van der Waals surface area contributed by atoms with E-state index in [1.54, 1.807) is 0 Å². The quantitative estimate of drug-likeness (QED) is 0.133. The summed E-state index contributed by atoms with van der Waals surface area (Å²) in [6.45, 7) is 14.1. The van der Waals surface area contributed by atoms with Gasteiger partial charge in [-0.15, -0.1) is 0 Å². The monoisotopic (exact) mass is 1150 g/mol. The summed E-state index contributed by atoms with van der Waals surface area (Å²) in [5.41, 5.74) is 30.6. The molecule has 0 fully saturated rings. The molecule has 0 amide bonds. The Morgan fingerprint density at radius 2 is 0.578 bits per heavy atom. The van der Waals surface area contributed by atoms with E-state index in [2.05, 4.69) is 359 Å². The zero-order chi connectivity index (χ0) is 60.8. The average Bonchev–Trinajstić information content (AvgIpc) is 0.828. The van der Waals surface area contributed by atoms with Crippen molar-refractivity contribution in [1.82, 2.24) is 4.57 Å². The Bertz CT molecular complexity index is 4750. The Hall–Kier alpha value is -10.7. The van der Waals surface area contributed by atoms with Gasteiger partial charge in [-0.3, -0.25) is 0 Å². The van der Waals surface area contributed by atoms with Gasteiger partial charge in [0.15, 0.2) is 0 Å². The van der Waals surface area contributed by atoms with Crippen LogP contribution >= 0.6 is 0 Å². The van der Waals surface area contributed by atoms with Crippen LogP contribution in [0, 0.1) is 0 Å².